The lowest BCUT2D eigenvalue weighted by molar-refractivity contribution is 0.163. The van der Waals surface area contributed by atoms with Crippen molar-refractivity contribution in [1.29, 1.82) is 0 Å². The van der Waals surface area contributed by atoms with Crippen molar-refractivity contribution >= 4 is 5.95 Å². The van der Waals surface area contributed by atoms with Gasteiger partial charge in [0.15, 0.2) is 0 Å². The van der Waals surface area contributed by atoms with Crippen LogP contribution in [-0.4, -0.2) is 31.2 Å². The first-order valence-corrected chi connectivity index (χ1v) is 9.57. The number of aromatic nitrogens is 4. The molecule has 3 aromatic rings. The van der Waals surface area contributed by atoms with Gasteiger partial charge in [-0.15, -0.1) is 0 Å². The Balaban J connectivity index is 1.46. The summed E-state index contributed by atoms with van der Waals surface area (Å²) in [5.41, 5.74) is 2.10. The molecule has 1 aliphatic rings. The van der Waals surface area contributed by atoms with Crippen molar-refractivity contribution in [3.05, 3.63) is 60.7 Å². The second kappa shape index (κ2) is 8.31. The number of rotatable bonds is 6. The Morgan fingerprint density at radius 3 is 2.67 bits per heavy atom. The molecule has 6 heteroatoms. The lowest BCUT2D eigenvalue weighted by atomic mass is 9.86. The van der Waals surface area contributed by atoms with E-state index in [9.17, 15) is 5.11 Å². The molecule has 1 aromatic carbocycles. The van der Waals surface area contributed by atoms with E-state index in [0.717, 1.165) is 37.1 Å². The Morgan fingerprint density at radius 2 is 1.89 bits per heavy atom. The summed E-state index contributed by atoms with van der Waals surface area (Å²) in [6.07, 6.45) is 11.9. The molecular formula is C21H25N5O. The van der Waals surface area contributed by atoms with Crippen LogP contribution in [0.3, 0.4) is 0 Å². The molecule has 1 aliphatic carbocycles. The fourth-order valence-electron chi connectivity index (χ4n) is 3.82. The summed E-state index contributed by atoms with van der Waals surface area (Å²) in [5, 5.41) is 12.8. The number of aliphatic hydroxyl groups is 1. The van der Waals surface area contributed by atoms with Gasteiger partial charge in [0.25, 0.3) is 0 Å². The van der Waals surface area contributed by atoms with Crippen molar-refractivity contribution in [2.75, 3.05) is 11.9 Å². The molecule has 0 bridgehead atoms. The van der Waals surface area contributed by atoms with Gasteiger partial charge in [-0.3, -0.25) is 0 Å². The number of benzene rings is 1. The zero-order valence-electron chi connectivity index (χ0n) is 15.3. The summed E-state index contributed by atoms with van der Waals surface area (Å²) in [6.45, 7) is 0.963. The molecular weight excluding hydrogens is 338 g/mol. The Kier molecular flexibility index (Phi) is 5.44. The van der Waals surface area contributed by atoms with E-state index < -0.39 is 0 Å². The maximum Gasteiger partial charge on any atom is 0.222 e. The smallest absolute Gasteiger partial charge is 0.222 e. The molecule has 4 rings (SSSR count). The SMILES string of the molecule is OC[C@H]1CCC[C@@H](n2ccnc2-c2cnc(NCc3ccccc3)nc2)C1. The lowest BCUT2D eigenvalue weighted by Crippen LogP contribution is -2.21. The van der Waals surface area contributed by atoms with Crippen LogP contribution in [0.4, 0.5) is 5.95 Å². The fraction of sp³-hybridized carbons (Fsp3) is 0.381. The van der Waals surface area contributed by atoms with Gasteiger partial charge in [0, 0.05) is 44.0 Å². The van der Waals surface area contributed by atoms with Crippen LogP contribution in [0.2, 0.25) is 0 Å². The second-order valence-corrected chi connectivity index (χ2v) is 7.16. The summed E-state index contributed by atoms with van der Waals surface area (Å²) in [7, 11) is 0. The van der Waals surface area contributed by atoms with E-state index in [-0.39, 0.29) is 6.61 Å². The Labute approximate surface area is 159 Å². The van der Waals surface area contributed by atoms with E-state index in [1.54, 1.807) is 0 Å². The molecule has 2 aromatic heterocycles. The van der Waals surface area contributed by atoms with Crippen molar-refractivity contribution < 1.29 is 5.11 Å². The van der Waals surface area contributed by atoms with E-state index in [4.69, 9.17) is 0 Å². The van der Waals surface area contributed by atoms with Crippen molar-refractivity contribution in [2.24, 2.45) is 5.92 Å². The maximum absolute atomic E-state index is 9.50. The van der Waals surface area contributed by atoms with Gasteiger partial charge >= 0.3 is 0 Å². The van der Waals surface area contributed by atoms with Crippen molar-refractivity contribution in [1.82, 2.24) is 19.5 Å². The molecule has 1 saturated carbocycles. The van der Waals surface area contributed by atoms with Gasteiger partial charge in [0.2, 0.25) is 5.95 Å². The highest BCUT2D eigenvalue weighted by atomic mass is 16.3. The van der Waals surface area contributed by atoms with Crippen LogP contribution >= 0.6 is 0 Å². The van der Waals surface area contributed by atoms with Crippen LogP contribution in [0, 0.1) is 5.92 Å². The third-order valence-electron chi connectivity index (χ3n) is 5.28. The van der Waals surface area contributed by atoms with E-state index in [1.807, 2.05) is 43.0 Å². The van der Waals surface area contributed by atoms with Gasteiger partial charge < -0.3 is 15.0 Å². The Bertz CT molecular complexity index is 847. The summed E-state index contributed by atoms with van der Waals surface area (Å²) in [6, 6.07) is 10.6. The van der Waals surface area contributed by atoms with Crippen LogP contribution in [0.5, 0.6) is 0 Å². The fourth-order valence-corrected chi connectivity index (χ4v) is 3.82. The maximum atomic E-state index is 9.50. The number of nitrogens with one attached hydrogen (secondary N) is 1. The highest BCUT2D eigenvalue weighted by Gasteiger charge is 2.24. The molecule has 6 nitrogen and oxygen atoms in total. The quantitative estimate of drug-likeness (QED) is 0.699. The first kappa shape index (κ1) is 17.7. The predicted molar refractivity (Wildman–Crippen MR) is 105 cm³/mol. The topological polar surface area (TPSA) is 75.9 Å². The van der Waals surface area contributed by atoms with Gasteiger partial charge in [-0.05, 0) is 30.7 Å². The number of anilines is 1. The van der Waals surface area contributed by atoms with Crippen LogP contribution in [0.25, 0.3) is 11.4 Å². The first-order chi connectivity index (χ1) is 13.3. The van der Waals surface area contributed by atoms with Crippen LogP contribution in [0.15, 0.2) is 55.1 Å². The number of imidazole rings is 1. The normalized spacial score (nSPS) is 19.7. The molecule has 1 fully saturated rings. The molecule has 0 unspecified atom stereocenters. The van der Waals surface area contributed by atoms with E-state index >= 15 is 0 Å². The number of hydrogen-bond acceptors (Lipinski definition) is 5. The summed E-state index contributed by atoms with van der Waals surface area (Å²) >= 11 is 0. The molecule has 2 atom stereocenters. The molecule has 0 aliphatic heterocycles. The zero-order chi connectivity index (χ0) is 18.5. The molecule has 0 radical (unpaired) electrons. The minimum atomic E-state index is 0.269. The molecule has 0 saturated heterocycles. The van der Waals surface area contributed by atoms with E-state index in [1.165, 1.54) is 5.56 Å². The van der Waals surface area contributed by atoms with E-state index in [0.29, 0.717) is 24.5 Å². The molecule has 2 N–H and O–H groups in total. The molecule has 0 spiro atoms. The average Bonchev–Trinajstić information content (AvgIpc) is 3.23. The number of nitrogens with zero attached hydrogens (tertiary/aromatic N) is 4. The first-order valence-electron chi connectivity index (χ1n) is 9.57. The summed E-state index contributed by atoms with van der Waals surface area (Å²) in [4.78, 5) is 13.4. The monoisotopic (exact) mass is 363 g/mol. The Hall–Kier alpha value is -2.73. The van der Waals surface area contributed by atoms with Crippen LogP contribution in [-0.2, 0) is 6.54 Å². The zero-order valence-corrected chi connectivity index (χ0v) is 15.3. The van der Waals surface area contributed by atoms with Crippen molar-refractivity contribution in [3.8, 4) is 11.4 Å². The van der Waals surface area contributed by atoms with Gasteiger partial charge in [-0.1, -0.05) is 36.8 Å². The van der Waals surface area contributed by atoms with Crippen molar-refractivity contribution in [2.45, 2.75) is 38.3 Å². The highest BCUT2D eigenvalue weighted by Crippen LogP contribution is 2.34. The third kappa shape index (κ3) is 4.17. The molecule has 140 valence electrons. The van der Waals surface area contributed by atoms with Gasteiger partial charge in [0.1, 0.15) is 5.82 Å². The van der Waals surface area contributed by atoms with Crippen LogP contribution in [0.1, 0.15) is 37.3 Å². The Morgan fingerprint density at radius 1 is 1.07 bits per heavy atom. The minimum absolute atomic E-state index is 0.269. The largest absolute Gasteiger partial charge is 0.396 e. The van der Waals surface area contributed by atoms with Gasteiger partial charge in [-0.25, -0.2) is 15.0 Å². The van der Waals surface area contributed by atoms with Gasteiger partial charge in [0.05, 0.1) is 5.56 Å². The summed E-state index contributed by atoms with van der Waals surface area (Å²) < 4.78 is 2.22. The average molecular weight is 363 g/mol. The number of aliphatic hydroxyl groups excluding tert-OH is 1. The molecule has 27 heavy (non-hydrogen) atoms. The standard InChI is InChI=1S/C21H25N5O/c27-15-17-7-4-8-19(11-17)26-10-9-22-20(26)18-13-24-21(25-14-18)23-12-16-5-2-1-3-6-16/h1-3,5-6,9-10,13-14,17,19,27H,4,7-8,11-12,15H2,(H,23,24,25)/t17-,19+/m0/s1. The molecule has 2 heterocycles. The molecule has 0 amide bonds. The van der Waals surface area contributed by atoms with Crippen LogP contribution < -0.4 is 5.32 Å². The number of hydrogen-bond donors (Lipinski definition) is 2. The van der Waals surface area contributed by atoms with E-state index in [2.05, 4.69) is 37.0 Å². The van der Waals surface area contributed by atoms with Crippen molar-refractivity contribution in [3.63, 3.8) is 0 Å². The summed E-state index contributed by atoms with van der Waals surface area (Å²) in [5.74, 6) is 1.90. The second-order valence-electron chi connectivity index (χ2n) is 7.16. The highest BCUT2D eigenvalue weighted by molar-refractivity contribution is 5.54. The van der Waals surface area contributed by atoms with Gasteiger partial charge in [-0.2, -0.15) is 0 Å². The predicted octanol–water partition coefficient (Wildman–Crippen LogP) is 3.68. The third-order valence-corrected chi connectivity index (χ3v) is 5.28. The lowest BCUT2D eigenvalue weighted by Gasteiger charge is -2.29. The minimum Gasteiger partial charge on any atom is -0.396 e.